The van der Waals surface area contributed by atoms with Gasteiger partial charge < -0.3 is 11.1 Å². The van der Waals surface area contributed by atoms with Gasteiger partial charge in [0.15, 0.2) is 0 Å². The fourth-order valence-electron chi connectivity index (χ4n) is 3.35. The smallest absolute Gasteiger partial charge is 0.222 e. The zero-order chi connectivity index (χ0) is 18.5. The van der Waals surface area contributed by atoms with E-state index in [0.29, 0.717) is 5.95 Å². The van der Waals surface area contributed by atoms with Crippen molar-refractivity contribution in [3.8, 4) is 0 Å². The lowest BCUT2D eigenvalue weighted by atomic mass is 10.1. The molecule has 0 aromatic carbocycles. The molecule has 0 saturated carbocycles. The quantitative estimate of drug-likeness (QED) is 0.774. The molecule has 2 aliphatic rings. The fraction of sp³-hybridized carbons (Fsp3) is 0.286. The number of allylic oxidation sites excluding steroid dienone is 3. The number of aromatic nitrogens is 3. The van der Waals surface area contributed by atoms with Gasteiger partial charge >= 0.3 is 0 Å². The molecule has 3 N–H and O–H groups in total. The van der Waals surface area contributed by atoms with Crippen LogP contribution in [0.5, 0.6) is 0 Å². The molecule has 2 aromatic rings. The number of fused-ring (bicyclic) bond motifs is 1. The summed E-state index contributed by atoms with van der Waals surface area (Å²) in [5.41, 5.74) is 9.28. The van der Waals surface area contributed by atoms with Gasteiger partial charge in [0.25, 0.3) is 0 Å². The first-order chi connectivity index (χ1) is 13.3. The van der Waals surface area contributed by atoms with Gasteiger partial charge in [0, 0.05) is 33.8 Å². The van der Waals surface area contributed by atoms with Crippen molar-refractivity contribution in [3.05, 3.63) is 71.9 Å². The topological polar surface area (TPSA) is 76.7 Å². The van der Waals surface area contributed by atoms with Crippen LogP contribution in [0.4, 0.5) is 11.8 Å². The number of thioether (sulfide) groups is 1. The highest BCUT2D eigenvalue weighted by Gasteiger charge is 2.16. The van der Waals surface area contributed by atoms with Crippen LogP contribution >= 0.6 is 11.8 Å². The fourth-order valence-corrected chi connectivity index (χ4v) is 4.27. The molecule has 0 saturated heterocycles. The maximum absolute atomic E-state index is 5.96. The highest BCUT2D eigenvalue weighted by atomic mass is 32.2. The van der Waals surface area contributed by atoms with Crippen molar-refractivity contribution in [2.75, 3.05) is 11.1 Å². The maximum Gasteiger partial charge on any atom is 0.222 e. The summed E-state index contributed by atoms with van der Waals surface area (Å²) in [4.78, 5) is 14.2. The van der Waals surface area contributed by atoms with Gasteiger partial charge in [0.1, 0.15) is 5.82 Å². The number of aryl methyl sites for hydroxylation is 1. The lowest BCUT2D eigenvalue weighted by Crippen LogP contribution is -2.10. The molecule has 0 amide bonds. The summed E-state index contributed by atoms with van der Waals surface area (Å²) in [5.74, 6) is 1.20. The Labute approximate surface area is 163 Å². The van der Waals surface area contributed by atoms with Crippen LogP contribution in [-0.4, -0.2) is 20.2 Å². The molecule has 1 unspecified atom stereocenters. The summed E-state index contributed by atoms with van der Waals surface area (Å²) in [6.45, 7) is 0. The van der Waals surface area contributed by atoms with Gasteiger partial charge in [-0.1, -0.05) is 24.6 Å². The summed E-state index contributed by atoms with van der Waals surface area (Å²) >= 11 is 1.79. The van der Waals surface area contributed by atoms with Crippen LogP contribution in [0.3, 0.4) is 0 Å². The Bertz CT molecular complexity index is 889. The van der Waals surface area contributed by atoms with Gasteiger partial charge in [-0.25, -0.2) is 4.98 Å². The van der Waals surface area contributed by atoms with Crippen molar-refractivity contribution < 1.29 is 0 Å². The molecular formula is C21H23N5S. The van der Waals surface area contributed by atoms with Crippen LogP contribution in [0.2, 0.25) is 0 Å². The average Bonchev–Trinajstić information content (AvgIpc) is 3.03. The molecule has 0 aliphatic heterocycles. The predicted molar refractivity (Wildman–Crippen MR) is 112 cm³/mol. The lowest BCUT2D eigenvalue weighted by Gasteiger charge is -2.14. The third-order valence-electron chi connectivity index (χ3n) is 4.68. The molecule has 0 radical (unpaired) electrons. The van der Waals surface area contributed by atoms with E-state index in [1.165, 1.54) is 29.7 Å². The van der Waals surface area contributed by atoms with Gasteiger partial charge in [-0.15, -0.1) is 11.8 Å². The van der Waals surface area contributed by atoms with Crippen LogP contribution in [0.15, 0.2) is 65.5 Å². The number of pyridine rings is 1. The van der Waals surface area contributed by atoms with Crippen LogP contribution in [0.1, 0.15) is 30.5 Å². The summed E-state index contributed by atoms with van der Waals surface area (Å²) in [5, 5.41) is 3.75. The minimum atomic E-state index is 0.274. The molecule has 27 heavy (non-hydrogen) atoms. The molecule has 0 bridgehead atoms. The van der Waals surface area contributed by atoms with E-state index >= 15 is 0 Å². The van der Waals surface area contributed by atoms with Crippen molar-refractivity contribution in [2.24, 2.45) is 0 Å². The molecule has 5 nitrogen and oxygen atoms in total. The van der Waals surface area contributed by atoms with Crippen LogP contribution in [0.25, 0.3) is 0 Å². The van der Waals surface area contributed by atoms with Crippen LogP contribution < -0.4 is 11.1 Å². The molecular weight excluding hydrogens is 354 g/mol. The molecule has 138 valence electrons. The van der Waals surface area contributed by atoms with Crippen LogP contribution in [0, 0.1) is 0 Å². The maximum atomic E-state index is 5.96. The first kappa shape index (κ1) is 17.8. The monoisotopic (exact) mass is 377 g/mol. The molecule has 2 aromatic heterocycles. The first-order valence-electron chi connectivity index (χ1n) is 9.33. The Morgan fingerprint density at radius 1 is 1.04 bits per heavy atom. The zero-order valence-corrected chi connectivity index (χ0v) is 16.0. The van der Waals surface area contributed by atoms with Gasteiger partial charge in [0.2, 0.25) is 5.95 Å². The van der Waals surface area contributed by atoms with Crippen LogP contribution in [-0.2, 0) is 12.8 Å². The largest absolute Gasteiger partial charge is 0.368 e. The number of anilines is 2. The Hall–Kier alpha value is -2.60. The highest BCUT2D eigenvalue weighted by Crippen LogP contribution is 2.28. The Morgan fingerprint density at radius 2 is 1.89 bits per heavy atom. The number of nitrogens with two attached hydrogens (primary N) is 1. The number of nitrogen functional groups attached to an aromatic ring is 1. The number of nitrogens with zero attached hydrogens (tertiary/aromatic N) is 3. The first-order valence-corrected chi connectivity index (χ1v) is 10.2. The second-order valence-corrected chi connectivity index (χ2v) is 7.92. The van der Waals surface area contributed by atoms with Gasteiger partial charge in [-0.3, -0.25) is 4.98 Å². The Morgan fingerprint density at radius 3 is 2.78 bits per heavy atom. The van der Waals surface area contributed by atoms with Crippen molar-refractivity contribution in [2.45, 2.75) is 42.2 Å². The zero-order valence-electron chi connectivity index (χ0n) is 15.1. The molecule has 1 atom stereocenters. The van der Waals surface area contributed by atoms with Crippen molar-refractivity contribution in [1.29, 1.82) is 0 Å². The predicted octanol–water partition coefficient (Wildman–Crippen LogP) is 4.31. The van der Waals surface area contributed by atoms with E-state index in [0.717, 1.165) is 30.1 Å². The van der Waals surface area contributed by atoms with E-state index in [1.807, 2.05) is 24.5 Å². The summed E-state index contributed by atoms with van der Waals surface area (Å²) in [7, 11) is 0. The van der Waals surface area contributed by atoms with E-state index in [-0.39, 0.29) is 5.25 Å². The van der Waals surface area contributed by atoms with Gasteiger partial charge in [-0.05, 0) is 50.0 Å². The van der Waals surface area contributed by atoms with Crippen molar-refractivity contribution >= 4 is 23.5 Å². The lowest BCUT2D eigenvalue weighted by molar-refractivity contribution is 0.709. The number of nitrogens with one attached hydrogen (secondary N) is 1. The SMILES string of the molecule is Nc1nc2c(c(NC3=CC=CC(Sc4ccncc4)C=C3)n1)CCCCC2. The molecule has 0 spiro atoms. The summed E-state index contributed by atoms with van der Waals surface area (Å²) < 4.78 is 0. The van der Waals surface area contributed by atoms with Crippen molar-refractivity contribution in [3.63, 3.8) is 0 Å². The molecule has 4 rings (SSSR count). The molecule has 2 aliphatic carbocycles. The van der Waals surface area contributed by atoms with Gasteiger partial charge in [-0.2, -0.15) is 4.98 Å². The van der Waals surface area contributed by atoms with Crippen molar-refractivity contribution in [1.82, 2.24) is 15.0 Å². The minimum Gasteiger partial charge on any atom is -0.368 e. The summed E-state index contributed by atoms with van der Waals surface area (Å²) in [6, 6.07) is 4.06. The average molecular weight is 378 g/mol. The second kappa shape index (κ2) is 8.39. The second-order valence-electron chi connectivity index (χ2n) is 6.67. The Balaban J connectivity index is 1.51. The summed E-state index contributed by atoms with van der Waals surface area (Å²) in [6.07, 6.45) is 19.9. The van der Waals surface area contributed by atoms with E-state index in [2.05, 4.69) is 50.6 Å². The minimum absolute atomic E-state index is 0.274. The normalized spacial score (nSPS) is 19.0. The van der Waals surface area contributed by atoms with E-state index in [1.54, 1.807) is 11.8 Å². The number of rotatable bonds is 4. The molecule has 0 fully saturated rings. The van der Waals surface area contributed by atoms with E-state index in [4.69, 9.17) is 5.73 Å². The third-order valence-corrected chi connectivity index (χ3v) is 5.81. The Kier molecular flexibility index (Phi) is 5.53. The van der Waals surface area contributed by atoms with E-state index < -0.39 is 0 Å². The number of hydrogen-bond acceptors (Lipinski definition) is 6. The molecule has 6 heteroatoms. The third kappa shape index (κ3) is 4.57. The van der Waals surface area contributed by atoms with E-state index in [9.17, 15) is 0 Å². The molecule has 2 heterocycles. The standard InChI is InChI=1S/C21H23N5S/c22-21-25-19-8-3-1-2-7-18(19)20(26-21)24-15-5-4-6-16(10-9-15)27-17-11-13-23-14-12-17/h4-6,9-14,16H,1-3,7-8H2,(H3,22,24,25,26). The highest BCUT2D eigenvalue weighted by molar-refractivity contribution is 8.00. The number of hydrogen-bond donors (Lipinski definition) is 2. The van der Waals surface area contributed by atoms with Gasteiger partial charge in [0.05, 0.1) is 5.69 Å².